The molecule has 0 fully saturated rings. The van der Waals surface area contributed by atoms with Gasteiger partial charge in [0.2, 0.25) is 0 Å². The molecule has 0 aliphatic carbocycles. The molecule has 0 heterocycles. The highest BCUT2D eigenvalue weighted by Crippen LogP contribution is 2.23. The Hall–Kier alpha value is -2.40. The number of carboxylic acids is 2. The minimum atomic E-state index is -2.25. The lowest BCUT2D eigenvalue weighted by Crippen LogP contribution is -2.51. The van der Waals surface area contributed by atoms with Crippen LogP contribution in [0.2, 0.25) is 0 Å². The van der Waals surface area contributed by atoms with Gasteiger partial charge in [0.05, 0.1) is 0 Å². The molecule has 110 valence electrons. The number of ether oxygens (including phenoxy) is 1. The molecule has 2 aromatic rings. The van der Waals surface area contributed by atoms with Crippen molar-refractivity contribution < 1.29 is 24.5 Å². The molecule has 0 aliphatic rings. The summed E-state index contributed by atoms with van der Waals surface area (Å²) in [5.41, 5.74) is -1.65. The number of rotatable bonds is 6. The summed E-state index contributed by atoms with van der Waals surface area (Å²) in [7, 11) is 0. The van der Waals surface area contributed by atoms with Crippen molar-refractivity contribution >= 4 is 22.7 Å². The second-order valence-corrected chi connectivity index (χ2v) is 4.73. The van der Waals surface area contributed by atoms with Gasteiger partial charge in [0, 0.05) is 13.0 Å². The zero-order valence-corrected chi connectivity index (χ0v) is 11.6. The molecule has 2 aromatic carbocycles. The first kappa shape index (κ1) is 15.0. The van der Waals surface area contributed by atoms with E-state index in [1.54, 1.807) is 19.1 Å². The highest BCUT2D eigenvalue weighted by molar-refractivity contribution is 6.02. The topological polar surface area (TPSA) is 83.8 Å². The number of benzene rings is 2. The summed E-state index contributed by atoms with van der Waals surface area (Å²) < 4.78 is 5.07. The summed E-state index contributed by atoms with van der Waals surface area (Å²) >= 11 is 0. The van der Waals surface area contributed by atoms with Crippen LogP contribution < -0.4 is 0 Å². The molecule has 0 radical (unpaired) electrons. The van der Waals surface area contributed by atoms with E-state index in [1.165, 1.54) is 0 Å². The number of carboxylic acid groups (broad SMARTS) is 2. The zero-order valence-electron chi connectivity index (χ0n) is 11.6. The van der Waals surface area contributed by atoms with Gasteiger partial charge in [-0.25, -0.2) is 9.59 Å². The largest absolute Gasteiger partial charge is 0.479 e. The standard InChI is InChI=1S/C16H16O5/c1-2-21-16(14(17)18,15(19)20)10-11-7-8-12-5-3-4-6-13(12)9-11/h3-9H,2,10H2,1H3,(H,17,18)(H,19,20). The van der Waals surface area contributed by atoms with Gasteiger partial charge in [-0.1, -0.05) is 42.5 Å². The van der Waals surface area contributed by atoms with Crippen molar-refractivity contribution in [2.75, 3.05) is 6.61 Å². The number of aliphatic carboxylic acids is 2. The fourth-order valence-electron chi connectivity index (χ4n) is 2.30. The van der Waals surface area contributed by atoms with Crippen LogP contribution in [0.3, 0.4) is 0 Å². The number of hydrogen-bond acceptors (Lipinski definition) is 3. The molecule has 2 N–H and O–H groups in total. The Morgan fingerprint density at radius 1 is 1.05 bits per heavy atom. The van der Waals surface area contributed by atoms with Gasteiger partial charge in [0.25, 0.3) is 5.60 Å². The number of carbonyl (C=O) groups is 2. The molecule has 2 rings (SSSR count). The Bertz CT molecular complexity index is 663. The van der Waals surface area contributed by atoms with Crippen molar-refractivity contribution in [2.24, 2.45) is 0 Å². The minimum Gasteiger partial charge on any atom is -0.479 e. The third-order valence-electron chi connectivity index (χ3n) is 3.35. The van der Waals surface area contributed by atoms with Crippen LogP contribution in [0.15, 0.2) is 42.5 Å². The molecule has 0 amide bonds. The predicted molar refractivity (Wildman–Crippen MR) is 77.3 cm³/mol. The molecule has 0 unspecified atom stereocenters. The summed E-state index contributed by atoms with van der Waals surface area (Å²) in [5.74, 6) is -2.99. The van der Waals surface area contributed by atoms with Crippen LogP contribution in [0.25, 0.3) is 10.8 Å². The molecular formula is C16H16O5. The SMILES string of the molecule is CCOC(Cc1ccc2ccccc2c1)(C(=O)O)C(=O)O. The molecule has 21 heavy (non-hydrogen) atoms. The van der Waals surface area contributed by atoms with Crippen molar-refractivity contribution in [3.63, 3.8) is 0 Å². The maximum atomic E-state index is 11.4. The minimum absolute atomic E-state index is 0.00613. The molecule has 5 heteroatoms. The van der Waals surface area contributed by atoms with E-state index < -0.39 is 17.5 Å². The lowest BCUT2D eigenvalue weighted by Gasteiger charge is -2.24. The van der Waals surface area contributed by atoms with Crippen LogP contribution in [0.1, 0.15) is 12.5 Å². The van der Waals surface area contributed by atoms with Gasteiger partial charge < -0.3 is 14.9 Å². The smallest absolute Gasteiger partial charge is 0.348 e. The quantitative estimate of drug-likeness (QED) is 0.797. The van der Waals surface area contributed by atoms with Crippen LogP contribution in [0.4, 0.5) is 0 Å². The molecule has 0 bridgehead atoms. The van der Waals surface area contributed by atoms with Crippen molar-refractivity contribution in [3.8, 4) is 0 Å². The molecule has 0 aliphatic heterocycles. The lowest BCUT2D eigenvalue weighted by molar-refractivity contribution is -0.182. The average molecular weight is 288 g/mol. The van der Waals surface area contributed by atoms with Gasteiger partial charge in [-0.15, -0.1) is 0 Å². The Kier molecular flexibility index (Phi) is 4.23. The van der Waals surface area contributed by atoms with Crippen LogP contribution in [0, 0.1) is 0 Å². The fraction of sp³-hybridized carbons (Fsp3) is 0.250. The van der Waals surface area contributed by atoms with E-state index in [1.807, 2.05) is 30.3 Å². The summed E-state index contributed by atoms with van der Waals surface area (Å²) in [5, 5.41) is 20.5. The summed E-state index contributed by atoms with van der Waals surface area (Å²) in [6, 6.07) is 12.9. The van der Waals surface area contributed by atoms with E-state index in [2.05, 4.69) is 0 Å². The van der Waals surface area contributed by atoms with Crippen molar-refractivity contribution in [1.82, 2.24) is 0 Å². The maximum Gasteiger partial charge on any atom is 0.348 e. The monoisotopic (exact) mass is 288 g/mol. The van der Waals surface area contributed by atoms with E-state index in [-0.39, 0.29) is 13.0 Å². The van der Waals surface area contributed by atoms with E-state index >= 15 is 0 Å². The molecule has 0 spiro atoms. The average Bonchev–Trinajstić information content (AvgIpc) is 2.46. The molecule has 0 atom stereocenters. The van der Waals surface area contributed by atoms with Gasteiger partial charge in [0.1, 0.15) is 0 Å². The highest BCUT2D eigenvalue weighted by Gasteiger charge is 2.48. The Balaban J connectivity index is 2.42. The predicted octanol–water partition coefficient (Wildman–Crippen LogP) is 2.33. The maximum absolute atomic E-state index is 11.4. The van der Waals surface area contributed by atoms with Crippen molar-refractivity contribution in [3.05, 3.63) is 48.0 Å². The fourth-order valence-corrected chi connectivity index (χ4v) is 2.30. The molecule has 0 aromatic heterocycles. The van der Waals surface area contributed by atoms with E-state index in [9.17, 15) is 19.8 Å². The first-order valence-corrected chi connectivity index (χ1v) is 6.58. The second kappa shape index (κ2) is 5.93. The Labute approximate surface area is 121 Å². The number of fused-ring (bicyclic) bond motifs is 1. The molecule has 5 nitrogen and oxygen atoms in total. The van der Waals surface area contributed by atoms with Crippen LogP contribution in [-0.4, -0.2) is 34.4 Å². The molecule has 0 saturated carbocycles. The lowest BCUT2D eigenvalue weighted by atomic mass is 9.93. The Morgan fingerprint density at radius 2 is 1.67 bits per heavy atom. The van der Waals surface area contributed by atoms with Gasteiger partial charge in [-0.2, -0.15) is 0 Å². The van der Waals surface area contributed by atoms with Crippen molar-refractivity contribution in [1.29, 1.82) is 0 Å². The first-order valence-electron chi connectivity index (χ1n) is 6.58. The van der Waals surface area contributed by atoms with Crippen LogP contribution in [-0.2, 0) is 20.7 Å². The highest BCUT2D eigenvalue weighted by atomic mass is 16.5. The van der Waals surface area contributed by atoms with Crippen LogP contribution in [0.5, 0.6) is 0 Å². The van der Waals surface area contributed by atoms with Gasteiger partial charge >= 0.3 is 11.9 Å². The Morgan fingerprint density at radius 3 is 2.24 bits per heavy atom. The van der Waals surface area contributed by atoms with E-state index in [4.69, 9.17) is 4.74 Å². The van der Waals surface area contributed by atoms with E-state index in [0.717, 1.165) is 10.8 Å². The molecule has 0 saturated heterocycles. The summed E-state index contributed by atoms with van der Waals surface area (Å²) in [4.78, 5) is 22.8. The zero-order chi connectivity index (χ0) is 15.5. The third-order valence-corrected chi connectivity index (χ3v) is 3.35. The third kappa shape index (κ3) is 2.87. The molecular weight excluding hydrogens is 272 g/mol. The van der Waals surface area contributed by atoms with Gasteiger partial charge in [-0.3, -0.25) is 0 Å². The second-order valence-electron chi connectivity index (χ2n) is 4.73. The van der Waals surface area contributed by atoms with Gasteiger partial charge in [-0.05, 0) is 23.3 Å². The normalized spacial score (nSPS) is 11.5. The first-order chi connectivity index (χ1) is 9.99. The van der Waals surface area contributed by atoms with Crippen molar-refractivity contribution in [2.45, 2.75) is 18.9 Å². The summed E-state index contributed by atoms with van der Waals surface area (Å²) in [6.45, 7) is 1.58. The number of hydrogen-bond donors (Lipinski definition) is 2. The van der Waals surface area contributed by atoms with Gasteiger partial charge in [0.15, 0.2) is 0 Å². The van der Waals surface area contributed by atoms with Crippen LogP contribution >= 0.6 is 0 Å². The van der Waals surface area contributed by atoms with E-state index in [0.29, 0.717) is 5.56 Å². The summed E-state index contributed by atoms with van der Waals surface area (Å²) in [6.07, 6.45) is -0.226.